The molecule has 0 aromatic heterocycles. The van der Waals surface area contributed by atoms with E-state index in [1.54, 1.807) is 0 Å². The molecular weight excluding hydrogens is 312 g/mol. The molecule has 0 radical (unpaired) electrons. The van der Waals surface area contributed by atoms with Crippen molar-refractivity contribution < 1.29 is 0 Å². The largest absolute Gasteiger partial charge is 0.0625 e. The summed E-state index contributed by atoms with van der Waals surface area (Å²) in [6.07, 6.45) is 5.47. The van der Waals surface area contributed by atoms with Crippen LogP contribution in [-0.4, -0.2) is 0 Å². The van der Waals surface area contributed by atoms with Crippen LogP contribution in [0.3, 0.4) is 0 Å². The molecule has 132 valence electrons. The first-order valence-corrected chi connectivity index (χ1v) is 9.96. The Kier molecular flexibility index (Phi) is 4.93. The van der Waals surface area contributed by atoms with Crippen molar-refractivity contribution in [3.05, 3.63) is 83.9 Å². The summed E-state index contributed by atoms with van der Waals surface area (Å²) in [6, 6.07) is 27.0. The van der Waals surface area contributed by atoms with Crippen LogP contribution in [-0.2, 0) is 0 Å². The van der Waals surface area contributed by atoms with Crippen LogP contribution >= 0.6 is 0 Å². The monoisotopic (exact) mass is 340 g/mol. The van der Waals surface area contributed by atoms with E-state index in [1.165, 1.54) is 59.1 Å². The van der Waals surface area contributed by atoms with E-state index in [1.807, 2.05) is 0 Å². The molecule has 0 heteroatoms. The van der Waals surface area contributed by atoms with Gasteiger partial charge in [0.1, 0.15) is 0 Å². The van der Waals surface area contributed by atoms with Gasteiger partial charge in [-0.1, -0.05) is 98.1 Å². The molecule has 26 heavy (non-hydrogen) atoms. The molecule has 0 saturated heterocycles. The average molecular weight is 341 g/mol. The van der Waals surface area contributed by atoms with Crippen molar-refractivity contribution in [1.29, 1.82) is 0 Å². The number of aryl methyl sites for hydroxylation is 1. The van der Waals surface area contributed by atoms with Crippen molar-refractivity contribution in [2.24, 2.45) is 5.92 Å². The molecule has 0 amide bonds. The predicted molar refractivity (Wildman–Crippen MR) is 112 cm³/mol. The zero-order valence-electron chi connectivity index (χ0n) is 15.9. The lowest BCUT2D eigenvalue weighted by Crippen LogP contribution is -2.10. The third-order valence-corrected chi connectivity index (χ3v) is 6.00. The van der Waals surface area contributed by atoms with E-state index in [-0.39, 0.29) is 0 Å². The smallest absolute Gasteiger partial charge is 0.0162 e. The molecule has 1 aliphatic rings. The fourth-order valence-electron chi connectivity index (χ4n) is 4.14. The summed E-state index contributed by atoms with van der Waals surface area (Å²) in [5.41, 5.74) is 8.00. The fraction of sp³-hybridized carbons (Fsp3) is 0.308. The van der Waals surface area contributed by atoms with Gasteiger partial charge in [0, 0.05) is 0 Å². The summed E-state index contributed by atoms with van der Waals surface area (Å²) < 4.78 is 0. The van der Waals surface area contributed by atoms with Crippen molar-refractivity contribution in [2.45, 2.75) is 45.4 Å². The second-order valence-corrected chi connectivity index (χ2v) is 8.02. The molecule has 0 spiro atoms. The normalized spacial score (nSPS) is 20.1. The highest BCUT2D eigenvalue weighted by molar-refractivity contribution is 5.70. The summed E-state index contributed by atoms with van der Waals surface area (Å²) in [5, 5.41) is 0. The fourth-order valence-corrected chi connectivity index (χ4v) is 4.14. The summed E-state index contributed by atoms with van der Waals surface area (Å²) >= 11 is 0. The summed E-state index contributed by atoms with van der Waals surface area (Å²) in [4.78, 5) is 0. The van der Waals surface area contributed by atoms with Gasteiger partial charge in [-0.2, -0.15) is 0 Å². The second-order valence-electron chi connectivity index (χ2n) is 8.02. The molecule has 0 atom stereocenters. The first-order chi connectivity index (χ1) is 12.7. The zero-order valence-corrected chi connectivity index (χ0v) is 15.9. The van der Waals surface area contributed by atoms with E-state index in [9.17, 15) is 0 Å². The quantitative estimate of drug-likeness (QED) is 0.460. The molecule has 1 saturated carbocycles. The predicted octanol–water partition coefficient (Wildman–Crippen LogP) is 7.62. The van der Waals surface area contributed by atoms with Gasteiger partial charge in [-0.25, -0.2) is 0 Å². The van der Waals surface area contributed by atoms with Crippen LogP contribution in [0.5, 0.6) is 0 Å². The van der Waals surface area contributed by atoms with Gasteiger partial charge in [-0.3, -0.25) is 0 Å². The van der Waals surface area contributed by atoms with Crippen LogP contribution in [0.15, 0.2) is 72.8 Å². The van der Waals surface area contributed by atoms with E-state index < -0.39 is 0 Å². The third kappa shape index (κ3) is 3.75. The topological polar surface area (TPSA) is 0 Å². The second kappa shape index (κ2) is 7.50. The summed E-state index contributed by atoms with van der Waals surface area (Å²) in [5.74, 6) is 1.68. The van der Waals surface area contributed by atoms with Crippen molar-refractivity contribution in [3.63, 3.8) is 0 Å². The van der Waals surface area contributed by atoms with E-state index >= 15 is 0 Å². The van der Waals surface area contributed by atoms with Crippen LogP contribution in [0.2, 0.25) is 0 Å². The van der Waals surface area contributed by atoms with Crippen LogP contribution in [0.25, 0.3) is 22.3 Å². The molecule has 3 aromatic rings. The van der Waals surface area contributed by atoms with Gasteiger partial charge < -0.3 is 0 Å². The number of benzene rings is 3. The van der Waals surface area contributed by atoms with E-state index in [0.717, 1.165) is 11.8 Å². The van der Waals surface area contributed by atoms with Gasteiger partial charge in [0.05, 0.1) is 0 Å². The molecule has 1 fully saturated rings. The molecular formula is C26H28. The molecule has 3 aromatic carbocycles. The zero-order chi connectivity index (χ0) is 17.9. The first-order valence-electron chi connectivity index (χ1n) is 9.96. The van der Waals surface area contributed by atoms with Gasteiger partial charge >= 0.3 is 0 Å². The Morgan fingerprint density at radius 3 is 1.38 bits per heavy atom. The van der Waals surface area contributed by atoms with Crippen molar-refractivity contribution in [1.82, 2.24) is 0 Å². The standard InChI is InChI=1S/C26H28/c1-19-3-7-21(8-4-19)23-11-15-25(16-12-23)26-17-13-24(14-18-26)22-9-5-20(2)6-10-22/h3-4,7-8,11-18,20,22H,5-6,9-10H2,1-2H3. The Hall–Kier alpha value is -2.34. The molecule has 1 aliphatic carbocycles. The molecule has 0 nitrogen and oxygen atoms in total. The number of hydrogen-bond donors (Lipinski definition) is 0. The van der Waals surface area contributed by atoms with Crippen molar-refractivity contribution >= 4 is 0 Å². The maximum absolute atomic E-state index is 2.39. The molecule has 0 bridgehead atoms. The van der Waals surface area contributed by atoms with E-state index in [2.05, 4.69) is 86.6 Å². The Balaban J connectivity index is 1.50. The average Bonchev–Trinajstić information content (AvgIpc) is 2.70. The molecule has 4 rings (SSSR count). The number of hydrogen-bond acceptors (Lipinski definition) is 0. The van der Waals surface area contributed by atoms with Gasteiger partial charge in [-0.05, 0) is 59.4 Å². The summed E-state index contributed by atoms with van der Waals surface area (Å²) in [7, 11) is 0. The van der Waals surface area contributed by atoms with Crippen molar-refractivity contribution in [2.75, 3.05) is 0 Å². The maximum Gasteiger partial charge on any atom is -0.0162 e. The van der Waals surface area contributed by atoms with Crippen molar-refractivity contribution in [3.8, 4) is 22.3 Å². The Morgan fingerprint density at radius 1 is 0.538 bits per heavy atom. The lowest BCUT2D eigenvalue weighted by molar-refractivity contribution is 0.348. The Morgan fingerprint density at radius 2 is 0.923 bits per heavy atom. The highest BCUT2D eigenvalue weighted by Gasteiger charge is 2.19. The first kappa shape index (κ1) is 17.1. The van der Waals surface area contributed by atoms with Crippen LogP contribution in [0.1, 0.15) is 49.7 Å². The van der Waals surface area contributed by atoms with Gasteiger partial charge in [0.25, 0.3) is 0 Å². The van der Waals surface area contributed by atoms with Crippen LogP contribution in [0, 0.1) is 12.8 Å². The minimum atomic E-state index is 0.768. The minimum absolute atomic E-state index is 0.768. The van der Waals surface area contributed by atoms with Gasteiger partial charge in [0.15, 0.2) is 0 Å². The molecule has 0 heterocycles. The molecule has 0 N–H and O–H groups in total. The highest BCUT2D eigenvalue weighted by atomic mass is 14.2. The maximum atomic E-state index is 2.39. The Bertz CT molecular complexity index is 830. The third-order valence-electron chi connectivity index (χ3n) is 6.00. The molecule has 0 unspecified atom stereocenters. The lowest BCUT2D eigenvalue weighted by Gasteiger charge is -2.26. The Labute approximate surface area is 157 Å². The lowest BCUT2D eigenvalue weighted by atomic mass is 9.79. The van der Waals surface area contributed by atoms with E-state index in [4.69, 9.17) is 0 Å². The number of rotatable bonds is 3. The summed E-state index contributed by atoms with van der Waals surface area (Å²) in [6.45, 7) is 4.52. The van der Waals surface area contributed by atoms with Gasteiger partial charge in [-0.15, -0.1) is 0 Å². The highest BCUT2D eigenvalue weighted by Crippen LogP contribution is 2.36. The van der Waals surface area contributed by atoms with Gasteiger partial charge in [0.2, 0.25) is 0 Å². The minimum Gasteiger partial charge on any atom is -0.0625 e. The van der Waals surface area contributed by atoms with E-state index in [0.29, 0.717) is 0 Å². The van der Waals surface area contributed by atoms with Crippen LogP contribution < -0.4 is 0 Å². The SMILES string of the molecule is Cc1ccc(-c2ccc(-c3ccc(C4CCC(C)CC4)cc3)cc2)cc1. The van der Waals surface area contributed by atoms with Crippen LogP contribution in [0.4, 0.5) is 0 Å². The molecule has 0 aliphatic heterocycles.